The van der Waals surface area contributed by atoms with Gasteiger partial charge in [-0.25, -0.2) is 4.99 Å². The van der Waals surface area contributed by atoms with E-state index < -0.39 is 0 Å². The van der Waals surface area contributed by atoms with Crippen LogP contribution < -0.4 is 0 Å². The second-order valence-electron chi connectivity index (χ2n) is 5.60. The molecule has 0 N–H and O–H groups in total. The Balaban J connectivity index is 2.16. The first kappa shape index (κ1) is 10.8. The van der Waals surface area contributed by atoms with Crippen LogP contribution in [0.25, 0.3) is 0 Å². The first-order valence-corrected chi connectivity index (χ1v) is 5.90. The summed E-state index contributed by atoms with van der Waals surface area (Å²) in [5.41, 5.74) is 0. The highest BCUT2D eigenvalue weighted by molar-refractivity contribution is 6.14. The maximum Gasteiger partial charge on any atom is 0.287 e. The maximum absolute atomic E-state index is 5.92. The van der Waals surface area contributed by atoms with Gasteiger partial charge in [0.2, 0.25) is 0 Å². The molecule has 15 heavy (non-hydrogen) atoms. The lowest BCUT2D eigenvalue weighted by Gasteiger charge is -2.25. The first-order valence-electron chi connectivity index (χ1n) is 5.90. The van der Waals surface area contributed by atoms with Gasteiger partial charge in [0.1, 0.15) is 14.0 Å². The predicted molar refractivity (Wildman–Crippen MR) is 65.2 cm³/mol. The van der Waals surface area contributed by atoms with Crippen molar-refractivity contribution >= 4 is 13.9 Å². The molecule has 1 heterocycles. The van der Waals surface area contributed by atoms with Crippen molar-refractivity contribution in [3.05, 3.63) is 0 Å². The summed E-state index contributed by atoms with van der Waals surface area (Å²) >= 11 is 0. The second kappa shape index (κ2) is 3.73. The molecule has 0 aromatic carbocycles. The van der Waals surface area contributed by atoms with E-state index in [0.717, 1.165) is 12.4 Å². The highest BCUT2D eigenvalue weighted by Crippen LogP contribution is 2.42. The Labute approximate surface area is 93.3 Å². The lowest BCUT2D eigenvalue weighted by molar-refractivity contribution is 0.171. The van der Waals surface area contributed by atoms with Gasteiger partial charge in [-0.05, 0) is 12.8 Å². The van der Waals surface area contributed by atoms with E-state index in [0.29, 0.717) is 17.5 Å². The first-order chi connectivity index (χ1) is 7.03. The lowest BCUT2D eigenvalue weighted by Crippen LogP contribution is -2.33. The molecular formula is C11H21BN2O. The highest BCUT2D eigenvalue weighted by atomic mass is 16.5. The quantitative estimate of drug-likeness (QED) is 0.556. The molecular weight excluding hydrogens is 187 g/mol. The molecule has 0 spiro atoms. The fraction of sp³-hybridized carbons (Fsp3) is 0.909. The van der Waals surface area contributed by atoms with Crippen LogP contribution in [0.5, 0.6) is 0 Å². The summed E-state index contributed by atoms with van der Waals surface area (Å²) in [5, 5.41) is 0.420. The summed E-state index contributed by atoms with van der Waals surface area (Å²) in [5.74, 6) is 0. The van der Waals surface area contributed by atoms with Crippen LogP contribution in [0.3, 0.4) is 0 Å². The normalized spacial score (nSPS) is 43.7. The minimum atomic E-state index is 0.353. The molecule has 2 aliphatic rings. The fourth-order valence-electron chi connectivity index (χ4n) is 2.89. The van der Waals surface area contributed by atoms with Crippen LogP contribution in [0.2, 0.25) is 5.31 Å². The van der Waals surface area contributed by atoms with Gasteiger partial charge in [0.25, 0.3) is 6.02 Å². The lowest BCUT2D eigenvalue weighted by atomic mass is 9.65. The van der Waals surface area contributed by atoms with Gasteiger partial charge in [0.15, 0.2) is 0 Å². The van der Waals surface area contributed by atoms with E-state index in [-0.39, 0.29) is 0 Å². The topological polar surface area (TPSA) is 24.8 Å². The molecule has 3 unspecified atom stereocenters. The number of aliphatic imine (C=N–C) groups is 1. The van der Waals surface area contributed by atoms with E-state index >= 15 is 0 Å². The molecule has 0 aromatic heterocycles. The van der Waals surface area contributed by atoms with Crippen molar-refractivity contribution in [2.24, 2.45) is 4.99 Å². The standard InChI is InChI=1S/C11H21BN2O/c1-11(12)6-4-5-8-9(7-11)15-10(13-2)14(8)3/h8-9H,4-7,12H2,1-3H3/b13-10-. The second-order valence-corrected chi connectivity index (χ2v) is 5.60. The molecule has 1 saturated carbocycles. The van der Waals surface area contributed by atoms with Gasteiger partial charge < -0.3 is 9.64 Å². The Bertz CT molecular complexity index is 278. The Kier molecular flexibility index (Phi) is 2.69. The third kappa shape index (κ3) is 1.99. The largest absolute Gasteiger partial charge is 0.460 e. The van der Waals surface area contributed by atoms with Crippen molar-refractivity contribution in [1.29, 1.82) is 0 Å². The molecule has 0 aromatic rings. The monoisotopic (exact) mass is 208 g/mol. The van der Waals surface area contributed by atoms with E-state index in [1.807, 2.05) is 7.05 Å². The average molecular weight is 208 g/mol. The number of nitrogens with zero attached hydrogens (tertiary/aromatic N) is 2. The maximum atomic E-state index is 5.92. The van der Waals surface area contributed by atoms with Crippen LogP contribution in [-0.2, 0) is 4.74 Å². The number of likely N-dealkylation sites (N-methyl/N-ethyl adjacent to an activating group) is 1. The van der Waals surface area contributed by atoms with E-state index in [4.69, 9.17) is 4.74 Å². The van der Waals surface area contributed by atoms with Crippen molar-refractivity contribution in [2.45, 2.75) is 50.1 Å². The fourth-order valence-corrected chi connectivity index (χ4v) is 2.89. The minimum Gasteiger partial charge on any atom is -0.460 e. The van der Waals surface area contributed by atoms with E-state index in [1.165, 1.54) is 19.3 Å². The van der Waals surface area contributed by atoms with Crippen molar-refractivity contribution in [3.8, 4) is 0 Å². The van der Waals surface area contributed by atoms with Gasteiger partial charge in [-0.2, -0.15) is 0 Å². The van der Waals surface area contributed by atoms with E-state index in [2.05, 4.69) is 31.7 Å². The summed E-state index contributed by atoms with van der Waals surface area (Å²) in [6.07, 6.45) is 5.37. The Morgan fingerprint density at radius 1 is 1.60 bits per heavy atom. The molecule has 3 nitrogen and oxygen atoms in total. The van der Waals surface area contributed by atoms with Crippen LogP contribution in [-0.4, -0.2) is 45.0 Å². The summed E-state index contributed by atoms with van der Waals surface area (Å²) in [4.78, 5) is 6.41. The summed E-state index contributed by atoms with van der Waals surface area (Å²) in [6.45, 7) is 2.35. The van der Waals surface area contributed by atoms with Gasteiger partial charge in [-0.3, -0.25) is 0 Å². The molecule has 84 valence electrons. The van der Waals surface area contributed by atoms with Gasteiger partial charge >= 0.3 is 0 Å². The summed E-state index contributed by atoms with van der Waals surface area (Å²) in [6, 6.07) is 1.37. The minimum absolute atomic E-state index is 0.353. The smallest absolute Gasteiger partial charge is 0.287 e. The van der Waals surface area contributed by atoms with Gasteiger partial charge in [0, 0.05) is 14.1 Å². The van der Waals surface area contributed by atoms with Gasteiger partial charge in [-0.15, -0.1) is 0 Å². The number of hydrogen-bond donors (Lipinski definition) is 0. The average Bonchev–Trinajstić information content (AvgIpc) is 2.37. The van der Waals surface area contributed by atoms with Gasteiger partial charge in [0.05, 0.1) is 6.04 Å². The van der Waals surface area contributed by atoms with Crippen LogP contribution >= 0.6 is 0 Å². The third-order valence-corrected chi connectivity index (χ3v) is 3.78. The Morgan fingerprint density at radius 3 is 3.00 bits per heavy atom. The zero-order chi connectivity index (χ0) is 11.1. The molecule has 2 rings (SSSR count). The summed E-state index contributed by atoms with van der Waals surface area (Å²) in [7, 11) is 6.26. The number of hydrogen-bond acceptors (Lipinski definition) is 2. The SMILES string of the molecule is BC1(C)CCCC2C(C1)O/C(=N\C)N2C. The predicted octanol–water partition coefficient (Wildman–Crippen LogP) is 1.06. The number of amidine groups is 1. The Hall–Kier alpha value is -0.665. The molecule has 1 aliphatic carbocycles. The summed E-state index contributed by atoms with van der Waals surface area (Å²) < 4.78 is 5.92. The molecule has 0 bridgehead atoms. The van der Waals surface area contributed by atoms with Crippen molar-refractivity contribution in [3.63, 3.8) is 0 Å². The number of fused-ring (bicyclic) bond motifs is 1. The zero-order valence-corrected chi connectivity index (χ0v) is 10.3. The molecule has 0 amide bonds. The molecule has 2 fully saturated rings. The molecule has 1 aliphatic heterocycles. The van der Waals surface area contributed by atoms with Crippen molar-refractivity contribution in [1.82, 2.24) is 4.90 Å². The number of ether oxygens (including phenoxy) is 1. The Morgan fingerprint density at radius 2 is 2.33 bits per heavy atom. The molecule has 3 atom stereocenters. The van der Waals surface area contributed by atoms with Gasteiger partial charge in [-0.1, -0.05) is 25.1 Å². The van der Waals surface area contributed by atoms with Crippen LogP contribution in [0.1, 0.15) is 32.6 Å². The molecule has 0 radical (unpaired) electrons. The van der Waals surface area contributed by atoms with E-state index in [9.17, 15) is 0 Å². The zero-order valence-electron chi connectivity index (χ0n) is 10.3. The third-order valence-electron chi connectivity index (χ3n) is 3.78. The number of rotatable bonds is 0. The van der Waals surface area contributed by atoms with Crippen molar-refractivity contribution in [2.75, 3.05) is 14.1 Å². The molecule has 4 heteroatoms. The van der Waals surface area contributed by atoms with Crippen LogP contribution in [0.4, 0.5) is 0 Å². The van der Waals surface area contributed by atoms with Crippen LogP contribution in [0, 0.1) is 0 Å². The van der Waals surface area contributed by atoms with Crippen LogP contribution in [0.15, 0.2) is 4.99 Å². The highest BCUT2D eigenvalue weighted by Gasteiger charge is 2.42. The van der Waals surface area contributed by atoms with Crippen molar-refractivity contribution < 1.29 is 4.74 Å². The molecule has 1 saturated heterocycles. The van der Waals surface area contributed by atoms with E-state index in [1.54, 1.807) is 0 Å².